The Kier molecular flexibility index (Phi) is 6.08. The van der Waals surface area contributed by atoms with Crippen LogP contribution in [0, 0.1) is 11.7 Å². The highest BCUT2D eigenvalue weighted by Gasteiger charge is 2.45. The number of hydrogen-bond acceptors (Lipinski definition) is 4. The summed E-state index contributed by atoms with van der Waals surface area (Å²) in [6.07, 6.45) is 0. The van der Waals surface area contributed by atoms with Crippen LogP contribution in [-0.4, -0.2) is 52.8 Å². The van der Waals surface area contributed by atoms with E-state index in [0.717, 1.165) is 20.9 Å². The minimum atomic E-state index is -0.826. The van der Waals surface area contributed by atoms with E-state index in [-0.39, 0.29) is 31.0 Å². The lowest BCUT2D eigenvalue weighted by Crippen LogP contribution is -2.42. The molecule has 1 unspecified atom stereocenters. The van der Waals surface area contributed by atoms with Crippen LogP contribution in [0.4, 0.5) is 9.18 Å². The third kappa shape index (κ3) is 4.35. The Bertz CT molecular complexity index is 899. The van der Waals surface area contributed by atoms with Crippen LogP contribution in [0.25, 0.3) is 0 Å². The number of amides is 4. The number of benzene rings is 2. The Labute approximate surface area is 169 Å². The predicted octanol–water partition coefficient (Wildman–Crippen LogP) is 3.25. The van der Waals surface area contributed by atoms with Gasteiger partial charge in [-0.3, -0.25) is 19.4 Å². The molecular weight excluding hydrogens is 373 g/mol. The fourth-order valence-electron chi connectivity index (χ4n) is 3.49. The van der Waals surface area contributed by atoms with E-state index in [2.05, 4.69) is 0 Å². The number of nitrogens with zero attached hydrogens (tertiary/aromatic N) is 3. The maximum atomic E-state index is 13.4. The number of hydrogen-bond donors (Lipinski definition) is 0. The lowest BCUT2D eigenvalue weighted by Gasteiger charge is -2.31. The van der Waals surface area contributed by atoms with E-state index in [4.69, 9.17) is 0 Å². The summed E-state index contributed by atoms with van der Waals surface area (Å²) in [6, 6.07) is 14.7. The highest BCUT2D eigenvalue weighted by molar-refractivity contribution is 6.44. The van der Waals surface area contributed by atoms with E-state index in [1.54, 1.807) is 24.1 Å². The summed E-state index contributed by atoms with van der Waals surface area (Å²) in [6.45, 7) is 3.89. The smallest absolute Gasteiger partial charge is 0.277 e. The fraction of sp³-hybridized carbons (Fsp3) is 0.318. The van der Waals surface area contributed by atoms with Crippen molar-refractivity contribution < 1.29 is 18.8 Å². The monoisotopic (exact) mass is 397 g/mol. The summed E-state index contributed by atoms with van der Waals surface area (Å²) in [7, 11) is 1.76. The van der Waals surface area contributed by atoms with Gasteiger partial charge in [0, 0.05) is 6.54 Å². The topological polar surface area (TPSA) is 60.9 Å². The van der Waals surface area contributed by atoms with Crippen LogP contribution in [0.15, 0.2) is 54.6 Å². The minimum Gasteiger partial charge on any atom is -0.277 e. The molecule has 6 nitrogen and oxygen atoms in total. The number of carbonyl (C=O) groups is 3. The second-order valence-electron chi connectivity index (χ2n) is 7.59. The van der Waals surface area contributed by atoms with Gasteiger partial charge in [0.05, 0.1) is 12.7 Å². The molecule has 0 saturated carbocycles. The van der Waals surface area contributed by atoms with Gasteiger partial charge in [0.25, 0.3) is 0 Å². The van der Waals surface area contributed by atoms with Crippen molar-refractivity contribution >= 4 is 17.8 Å². The van der Waals surface area contributed by atoms with Crippen LogP contribution >= 0.6 is 0 Å². The summed E-state index contributed by atoms with van der Waals surface area (Å²) < 4.78 is 13.4. The normalized spacial score (nSPS) is 15.7. The van der Waals surface area contributed by atoms with Crippen LogP contribution in [0.3, 0.4) is 0 Å². The summed E-state index contributed by atoms with van der Waals surface area (Å²) in [5.74, 6) is -1.91. The summed E-state index contributed by atoms with van der Waals surface area (Å²) in [5.41, 5.74) is 1.73. The molecule has 0 aliphatic carbocycles. The molecule has 1 aliphatic rings. The Hall–Kier alpha value is -3.06. The average molecular weight is 397 g/mol. The molecule has 0 spiro atoms. The maximum Gasteiger partial charge on any atom is 0.335 e. The van der Waals surface area contributed by atoms with Crippen molar-refractivity contribution in [2.75, 3.05) is 20.3 Å². The molecule has 1 heterocycles. The SMILES string of the molecule is CC(C)CN1C(=O)C(=O)N(CN(C)C(c2ccccc2)c2ccc(F)cc2)C1=O. The molecule has 0 N–H and O–H groups in total. The third-order valence-electron chi connectivity index (χ3n) is 4.79. The Morgan fingerprint density at radius 1 is 0.862 bits per heavy atom. The van der Waals surface area contributed by atoms with E-state index in [9.17, 15) is 18.8 Å². The molecule has 1 aliphatic heterocycles. The van der Waals surface area contributed by atoms with Crippen molar-refractivity contribution in [1.29, 1.82) is 0 Å². The summed E-state index contributed by atoms with van der Waals surface area (Å²) in [4.78, 5) is 41.1. The van der Waals surface area contributed by atoms with Gasteiger partial charge in [0.1, 0.15) is 5.82 Å². The predicted molar refractivity (Wildman–Crippen MR) is 106 cm³/mol. The number of rotatable bonds is 7. The molecule has 0 bridgehead atoms. The number of halogens is 1. The van der Waals surface area contributed by atoms with Crippen molar-refractivity contribution in [2.24, 2.45) is 5.92 Å². The summed E-state index contributed by atoms with van der Waals surface area (Å²) >= 11 is 0. The van der Waals surface area contributed by atoms with E-state index in [0.29, 0.717) is 0 Å². The first-order valence-electron chi connectivity index (χ1n) is 9.47. The minimum absolute atomic E-state index is 0.0599. The van der Waals surface area contributed by atoms with Gasteiger partial charge < -0.3 is 0 Å². The van der Waals surface area contributed by atoms with Crippen LogP contribution in [0.5, 0.6) is 0 Å². The van der Waals surface area contributed by atoms with Gasteiger partial charge in [0.15, 0.2) is 0 Å². The van der Waals surface area contributed by atoms with Gasteiger partial charge in [-0.1, -0.05) is 56.3 Å². The molecule has 152 valence electrons. The molecule has 29 heavy (non-hydrogen) atoms. The lowest BCUT2D eigenvalue weighted by molar-refractivity contribution is -0.144. The first-order valence-corrected chi connectivity index (χ1v) is 9.47. The Morgan fingerprint density at radius 2 is 1.41 bits per heavy atom. The van der Waals surface area contributed by atoms with Gasteiger partial charge in [-0.05, 0) is 36.2 Å². The molecule has 1 saturated heterocycles. The van der Waals surface area contributed by atoms with Crippen LogP contribution in [0.2, 0.25) is 0 Å². The second kappa shape index (κ2) is 8.53. The molecule has 1 fully saturated rings. The molecule has 2 aromatic rings. The van der Waals surface area contributed by atoms with Crippen molar-refractivity contribution in [3.8, 4) is 0 Å². The number of carbonyl (C=O) groups excluding carboxylic acids is 3. The van der Waals surface area contributed by atoms with E-state index in [1.165, 1.54) is 12.1 Å². The lowest BCUT2D eigenvalue weighted by atomic mass is 9.97. The molecule has 0 radical (unpaired) electrons. The van der Waals surface area contributed by atoms with Crippen LogP contribution in [0.1, 0.15) is 31.0 Å². The molecule has 0 aromatic heterocycles. The van der Waals surface area contributed by atoms with E-state index < -0.39 is 17.8 Å². The first kappa shape index (κ1) is 20.7. The Morgan fingerprint density at radius 3 is 2.00 bits per heavy atom. The number of urea groups is 1. The highest BCUT2D eigenvalue weighted by atomic mass is 19.1. The molecule has 3 rings (SSSR count). The zero-order chi connectivity index (χ0) is 21.1. The van der Waals surface area contributed by atoms with Gasteiger partial charge >= 0.3 is 17.8 Å². The van der Waals surface area contributed by atoms with Crippen LogP contribution < -0.4 is 0 Å². The van der Waals surface area contributed by atoms with Crippen LogP contribution in [-0.2, 0) is 9.59 Å². The first-order chi connectivity index (χ1) is 13.8. The summed E-state index contributed by atoms with van der Waals surface area (Å²) in [5, 5.41) is 0. The standard InChI is InChI=1S/C22H24FN3O3/c1-15(2)13-25-20(27)21(28)26(22(25)29)14-24(3)19(16-7-5-4-6-8-16)17-9-11-18(23)12-10-17/h4-12,15,19H,13-14H2,1-3H3. The molecule has 4 amide bonds. The maximum absolute atomic E-state index is 13.4. The van der Waals surface area contributed by atoms with Crippen molar-refractivity contribution in [1.82, 2.24) is 14.7 Å². The molecular formula is C22H24FN3O3. The number of imide groups is 2. The zero-order valence-corrected chi connectivity index (χ0v) is 16.7. The largest absolute Gasteiger partial charge is 0.335 e. The van der Waals surface area contributed by atoms with Gasteiger partial charge in [-0.2, -0.15) is 0 Å². The van der Waals surface area contributed by atoms with Gasteiger partial charge in [-0.25, -0.2) is 14.1 Å². The third-order valence-corrected chi connectivity index (χ3v) is 4.79. The average Bonchev–Trinajstić information content (AvgIpc) is 2.88. The molecule has 1 atom stereocenters. The highest BCUT2D eigenvalue weighted by Crippen LogP contribution is 2.28. The molecule has 2 aromatic carbocycles. The quantitative estimate of drug-likeness (QED) is 0.532. The van der Waals surface area contributed by atoms with E-state index >= 15 is 0 Å². The van der Waals surface area contributed by atoms with E-state index in [1.807, 2.05) is 44.2 Å². The van der Waals surface area contributed by atoms with Gasteiger partial charge in [-0.15, -0.1) is 0 Å². The van der Waals surface area contributed by atoms with Crippen molar-refractivity contribution in [2.45, 2.75) is 19.9 Å². The zero-order valence-electron chi connectivity index (χ0n) is 16.7. The second-order valence-corrected chi connectivity index (χ2v) is 7.59. The fourth-order valence-corrected chi connectivity index (χ4v) is 3.49. The molecule has 7 heteroatoms. The Balaban J connectivity index is 1.88. The van der Waals surface area contributed by atoms with Gasteiger partial charge in [0.2, 0.25) is 0 Å². The van der Waals surface area contributed by atoms with Crippen molar-refractivity contribution in [3.63, 3.8) is 0 Å². The van der Waals surface area contributed by atoms with Crippen molar-refractivity contribution in [3.05, 3.63) is 71.5 Å².